The Hall–Kier alpha value is -3.34. The molecule has 0 saturated heterocycles. The maximum Gasteiger partial charge on any atom is 0.264 e. The molecular formula is C32H36Cl2FN3O5S. The molecule has 0 spiro atoms. The van der Waals surface area contributed by atoms with Gasteiger partial charge in [-0.25, -0.2) is 12.8 Å². The summed E-state index contributed by atoms with van der Waals surface area (Å²) in [4.78, 5) is 28.7. The van der Waals surface area contributed by atoms with Gasteiger partial charge in [0.2, 0.25) is 11.8 Å². The molecule has 1 saturated carbocycles. The molecule has 1 aliphatic rings. The molecule has 1 N–H and O–H groups in total. The zero-order chi connectivity index (χ0) is 31.9. The van der Waals surface area contributed by atoms with E-state index < -0.39 is 34.3 Å². The van der Waals surface area contributed by atoms with Crippen LogP contribution in [-0.4, -0.2) is 50.4 Å². The molecular weight excluding hydrogens is 628 g/mol. The highest BCUT2D eigenvalue weighted by atomic mass is 35.5. The predicted molar refractivity (Wildman–Crippen MR) is 170 cm³/mol. The molecule has 236 valence electrons. The second-order valence-electron chi connectivity index (χ2n) is 10.7. The zero-order valence-corrected chi connectivity index (χ0v) is 27.0. The highest BCUT2D eigenvalue weighted by molar-refractivity contribution is 7.92. The molecule has 0 aromatic heterocycles. The van der Waals surface area contributed by atoms with Crippen molar-refractivity contribution in [3.8, 4) is 5.75 Å². The average Bonchev–Trinajstić information content (AvgIpc) is 3.01. The Kier molecular flexibility index (Phi) is 11.5. The lowest BCUT2D eigenvalue weighted by Crippen LogP contribution is -2.53. The van der Waals surface area contributed by atoms with E-state index in [9.17, 15) is 22.4 Å². The van der Waals surface area contributed by atoms with E-state index in [0.717, 1.165) is 60.7 Å². The predicted octanol–water partition coefficient (Wildman–Crippen LogP) is 6.59. The normalized spacial score (nSPS) is 14.5. The van der Waals surface area contributed by atoms with Gasteiger partial charge in [0, 0.05) is 12.6 Å². The van der Waals surface area contributed by atoms with E-state index in [2.05, 4.69) is 5.32 Å². The van der Waals surface area contributed by atoms with Crippen LogP contribution in [0.3, 0.4) is 0 Å². The summed E-state index contributed by atoms with van der Waals surface area (Å²) < 4.78 is 48.0. The van der Waals surface area contributed by atoms with Crippen molar-refractivity contribution in [2.45, 2.75) is 69.5 Å². The molecule has 12 heteroatoms. The van der Waals surface area contributed by atoms with Crippen LogP contribution in [0.1, 0.15) is 51.5 Å². The number of rotatable bonds is 12. The molecule has 0 radical (unpaired) electrons. The Morgan fingerprint density at radius 3 is 2.25 bits per heavy atom. The first kappa shape index (κ1) is 33.6. The standard InChI is InChI=1S/C32H36Cl2FN3O5S/c1-3-43-27-14-12-26(13-15-27)38(44(41,42)28-16-10-24(35)11-17-28)21-31(39)37(20-23-9-18-29(33)30(34)19-23)22(2)32(40)36-25-7-5-4-6-8-25/h9-19,22,25H,3-8,20-21H2,1-2H3,(H,36,40)/t22-/m1/s1. The van der Waals surface area contributed by atoms with Crippen molar-refractivity contribution in [2.24, 2.45) is 0 Å². The number of nitrogens with one attached hydrogen (secondary N) is 1. The summed E-state index contributed by atoms with van der Waals surface area (Å²) in [7, 11) is -4.34. The third-order valence-electron chi connectivity index (χ3n) is 7.57. The molecule has 3 aromatic carbocycles. The fourth-order valence-electron chi connectivity index (χ4n) is 5.12. The fourth-order valence-corrected chi connectivity index (χ4v) is 6.86. The monoisotopic (exact) mass is 663 g/mol. The SMILES string of the molecule is CCOc1ccc(N(CC(=O)N(Cc2ccc(Cl)c(Cl)c2)[C@H](C)C(=O)NC2CCCCC2)S(=O)(=O)c2ccc(F)cc2)cc1. The van der Waals surface area contributed by atoms with E-state index in [-0.39, 0.29) is 34.1 Å². The minimum Gasteiger partial charge on any atom is -0.494 e. The van der Waals surface area contributed by atoms with E-state index >= 15 is 0 Å². The number of nitrogens with zero attached hydrogens (tertiary/aromatic N) is 2. The van der Waals surface area contributed by atoms with Crippen molar-refractivity contribution in [1.29, 1.82) is 0 Å². The van der Waals surface area contributed by atoms with Crippen LogP contribution in [0.25, 0.3) is 0 Å². The van der Waals surface area contributed by atoms with Gasteiger partial charge in [0.15, 0.2) is 0 Å². The van der Waals surface area contributed by atoms with Crippen LogP contribution in [0.4, 0.5) is 10.1 Å². The highest BCUT2D eigenvalue weighted by Gasteiger charge is 2.33. The number of carbonyl (C=O) groups excluding carboxylic acids is 2. The van der Waals surface area contributed by atoms with Crippen molar-refractivity contribution >= 4 is 50.7 Å². The van der Waals surface area contributed by atoms with E-state index in [1.54, 1.807) is 37.3 Å². The lowest BCUT2D eigenvalue weighted by Gasteiger charge is -2.33. The van der Waals surface area contributed by atoms with Crippen LogP contribution in [0.5, 0.6) is 5.75 Å². The molecule has 0 unspecified atom stereocenters. The minimum absolute atomic E-state index is 0.0137. The van der Waals surface area contributed by atoms with Gasteiger partial charge in [-0.05, 0) is 92.9 Å². The molecule has 0 heterocycles. The number of hydrogen-bond acceptors (Lipinski definition) is 5. The highest BCUT2D eigenvalue weighted by Crippen LogP contribution is 2.28. The Morgan fingerprint density at radius 2 is 1.64 bits per heavy atom. The van der Waals surface area contributed by atoms with Crippen molar-refractivity contribution < 1.29 is 27.1 Å². The van der Waals surface area contributed by atoms with Gasteiger partial charge in [0.1, 0.15) is 24.2 Å². The lowest BCUT2D eigenvalue weighted by molar-refractivity contribution is -0.139. The molecule has 4 rings (SSSR count). The molecule has 44 heavy (non-hydrogen) atoms. The molecule has 2 amide bonds. The zero-order valence-electron chi connectivity index (χ0n) is 24.6. The number of amides is 2. The van der Waals surface area contributed by atoms with E-state index in [0.29, 0.717) is 22.9 Å². The van der Waals surface area contributed by atoms with Crippen molar-refractivity contribution in [3.05, 3.63) is 88.2 Å². The molecule has 0 bridgehead atoms. The number of hydrogen-bond donors (Lipinski definition) is 1. The fraction of sp³-hybridized carbons (Fsp3) is 0.375. The summed E-state index contributed by atoms with van der Waals surface area (Å²) in [6.07, 6.45) is 4.88. The van der Waals surface area contributed by atoms with Crippen molar-refractivity contribution in [2.75, 3.05) is 17.5 Å². The van der Waals surface area contributed by atoms with Crippen LogP contribution in [0.15, 0.2) is 71.6 Å². The van der Waals surface area contributed by atoms with E-state index in [1.165, 1.54) is 17.0 Å². The first-order valence-electron chi connectivity index (χ1n) is 14.5. The lowest BCUT2D eigenvalue weighted by atomic mass is 9.95. The molecule has 1 aliphatic carbocycles. The Bertz CT molecular complexity index is 1550. The summed E-state index contributed by atoms with van der Waals surface area (Å²) in [6.45, 7) is 3.20. The first-order valence-corrected chi connectivity index (χ1v) is 16.7. The van der Waals surface area contributed by atoms with Crippen LogP contribution in [0, 0.1) is 5.82 Å². The smallest absolute Gasteiger partial charge is 0.264 e. The number of sulfonamides is 1. The Morgan fingerprint density at radius 1 is 0.977 bits per heavy atom. The molecule has 3 aromatic rings. The maximum absolute atomic E-state index is 14.1. The maximum atomic E-state index is 14.1. The topological polar surface area (TPSA) is 96.0 Å². The van der Waals surface area contributed by atoms with Gasteiger partial charge in [-0.2, -0.15) is 0 Å². The largest absolute Gasteiger partial charge is 0.494 e. The molecule has 8 nitrogen and oxygen atoms in total. The Labute approximate surface area is 268 Å². The third kappa shape index (κ3) is 8.43. The van der Waals surface area contributed by atoms with Crippen molar-refractivity contribution in [3.63, 3.8) is 0 Å². The molecule has 1 fully saturated rings. The second kappa shape index (κ2) is 15.1. The number of carbonyl (C=O) groups is 2. The summed E-state index contributed by atoms with van der Waals surface area (Å²) in [5.41, 5.74) is 0.805. The first-order chi connectivity index (χ1) is 21.0. The quantitative estimate of drug-likeness (QED) is 0.236. The van der Waals surface area contributed by atoms with Gasteiger partial charge in [-0.15, -0.1) is 0 Å². The van der Waals surface area contributed by atoms with Gasteiger partial charge in [0.25, 0.3) is 10.0 Å². The Balaban J connectivity index is 1.69. The van der Waals surface area contributed by atoms with Crippen LogP contribution in [-0.2, 0) is 26.2 Å². The number of halogens is 3. The second-order valence-corrected chi connectivity index (χ2v) is 13.4. The van der Waals surface area contributed by atoms with Crippen LogP contribution < -0.4 is 14.4 Å². The summed E-state index contributed by atoms with van der Waals surface area (Å²) in [5, 5.41) is 3.68. The average molecular weight is 665 g/mol. The summed E-state index contributed by atoms with van der Waals surface area (Å²) in [5.74, 6) is -1.03. The van der Waals surface area contributed by atoms with Crippen molar-refractivity contribution in [1.82, 2.24) is 10.2 Å². The van der Waals surface area contributed by atoms with Crippen LogP contribution >= 0.6 is 23.2 Å². The van der Waals surface area contributed by atoms with Gasteiger partial charge in [-0.3, -0.25) is 13.9 Å². The molecule has 0 aliphatic heterocycles. The van der Waals surface area contributed by atoms with Gasteiger partial charge in [0.05, 0.1) is 27.2 Å². The number of benzene rings is 3. The van der Waals surface area contributed by atoms with Gasteiger partial charge >= 0.3 is 0 Å². The third-order valence-corrected chi connectivity index (χ3v) is 10.1. The number of anilines is 1. The van der Waals surface area contributed by atoms with E-state index in [1.807, 2.05) is 6.92 Å². The summed E-state index contributed by atoms with van der Waals surface area (Å²) in [6, 6.07) is 14.6. The van der Waals surface area contributed by atoms with E-state index in [4.69, 9.17) is 27.9 Å². The molecule has 1 atom stereocenters. The minimum atomic E-state index is -4.34. The van der Waals surface area contributed by atoms with Gasteiger partial charge in [-0.1, -0.05) is 48.5 Å². The number of ether oxygens (including phenoxy) is 1. The summed E-state index contributed by atoms with van der Waals surface area (Å²) >= 11 is 12.4. The van der Waals surface area contributed by atoms with Gasteiger partial charge < -0.3 is 15.0 Å². The van der Waals surface area contributed by atoms with Crippen LogP contribution in [0.2, 0.25) is 10.0 Å².